The summed E-state index contributed by atoms with van der Waals surface area (Å²) in [6.45, 7) is 4.13. The first kappa shape index (κ1) is 15.5. The highest BCUT2D eigenvalue weighted by atomic mass is 32.1. The number of ether oxygens (including phenoxy) is 1. The molecular weight excluding hydrogens is 294 g/mol. The Kier molecular flexibility index (Phi) is 5.48. The van der Waals surface area contributed by atoms with Crippen LogP contribution in [0, 0.1) is 0 Å². The van der Waals surface area contributed by atoms with Gasteiger partial charge >= 0.3 is 0 Å². The lowest BCUT2D eigenvalue weighted by atomic mass is 10.0. The van der Waals surface area contributed by atoms with Crippen LogP contribution in [0.15, 0.2) is 41.1 Å². The first-order valence-electron chi connectivity index (χ1n) is 7.98. The number of likely N-dealkylation sites (tertiary alicyclic amines) is 1. The lowest BCUT2D eigenvalue weighted by Crippen LogP contribution is -2.33. The summed E-state index contributed by atoms with van der Waals surface area (Å²) >= 11 is 1.60. The molecule has 0 bridgehead atoms. The molecule has 0 radical (unpaired) electrons. The zero-order valence-electron chi connectivity index (χ0n) is 12.8. The lowest BCUT2D eigenvalue weighted by Gasteiger charge is -2.26. The number of hydrogen-bond acceptors (Lipinski definition) is 4. The van der Waals surface area contributed by atoms with Crippen LogP contribution in [0.4, 0.5) is 0 Å². The number of rotatable bonds is 6. The van der Waals surface area contributed by atoms with Gasteiger partial charge in [0, 0.05) is 6.54 Å². The van der Waals surface area contributed by atoms with Crippen LogP contribution >= 0.6 is 11.3 Å². The van der Waals surface area contributed by atoms with Gasteiger partial charge in [0.25, 0.3) is 0 Å². The van der Waals surface area contributed by atoms with Crippen molar-refractivity contribution in [1.82, 2.24) is 4.90 Å². The Labute approximate surface area is 136 Å². The van der Waals surface area contributed by atoms with Crippen molar-refractivity contribution in [3.8, 4) is 5.75 Å². The van der Waals surface area contributed by atoms with Gasteiger partial charge in [-0.05, 0) is 66.0 Å². The molecule has 1 fully saturated rings. The SMILES string of the molecule is OC(c1ccc(OCCN2CCCCC2)cc1)c1ccsc1. The fourth-order valence-electron chi connectivity index (χ4n) is 2.84. The van der Waals surface area contributed by atoms with Crippen LogP contribution in [0.3, 0.4) is 0 Å². The standard InChI is InChI=1S/C18H23NO2S/c20-18(16-8-13-22-14-16)15-4-6-17(7-5-15)21-12-11-19-9-2-1-3-10-19/h4-8,13-14,18,20H,1-3,9-12H2. The maximum absolute atomic E-state index is 10.3. The number of aliphatic hydroxyl groups excluding tert-OH is 1. The van der Waals surface area contributed by atoms with Crippen molar-refractivity contribution in [2.75, 3.05) is 26.2 Å². The second kappa shape index (κ2) is 7.77. The molecular formula is C18H23NO2S. The van der Waals surface area contributed by atoms with E-state index in [0.717, 1.165) is 30.0 Å². The van der Waals surface area contributed by atoms with Gasteiger partial charge in [-0.15, -0.1) is 0 Å². The topological polar surface area (TPSA) is 32.7 Å². The molecule has 0 aliphatic carbocycles. The van der Waals surface area contributed by atoms with E-state index >= 15 is 0 Å². The highest BCUT2D eigenvalue weighted by Gasteiger charge is 2.11. The summed E-state index contributed by atoms with van der Waals surface area (Å²) in [6.07, 6.45) is 3.45. The van der Waals surface area contributed by atoms with E-state index in [1.165, 1.54) is 32.4 Å². The molecule has 3 rings (SSSR count). The molecule has 1 unspecified atom stereocenters. The molecule has 2 aromatic rings. The zero-order valence-corrected chi connectivity index (χ0v) is 13.6. The first-order valence-corrected chi connectivity index (χ1v) is 8.92. The predicted octanol–water partition coefficient (Wildman–Crippen LogP) is 3.69. The molecule has 0 saturated carbocycles. The molecule has 1 aromatic heterocycles. The minimum absolute atomic E-state index is 0.548. The zero-order chi connectivity index (χ0) is 15.2. The molecule has 1 aliphatic rings. The minimum atomic E-state index is -0.548. The van der Waals surface area contributed by atoms with Crippen molar-refractivity contribution in [3.05, 3.63) is 52.2 Å². The van der Waals surface area contributed by atoms with Crippen LogP contribution < -0.4 is 4.74 Å². The molecule has 0 spiro atoms. The predicted molar refractivity (Wildman–Crippen MR) is 90.6 cm³/mol. The Morgan fingerprint density at radius 1 is 1.05 bits per heavy atom. The average Bonchev–Trinajstić information content (AvgIpc) is 3.10. The second-order valence-electron chi connectivity index (χ2n) is 5.78. The van der Waals surface area contributed by atoms with Crippen molar-refractivity contribution >= 4 is 11.3 Å². The van der Waals surface area contributed by atoms with Gasteiger partial charge in [0.05, 0.1) is 0 Å². The number of aliphatic hydroxyl groups is 1. The molecule has 1 aliphatic heterocycles. The van der Waals surface area contributed by atoms with Crippen molar-refractivity contribution < 1.29 is 9.84 Å². The summed E-state index contributed by atoms with van der Waals surface area (Å²) in [5.41, 5.74) is 1.85. The fraction of sp³-hybridized carbons (Fsp3) is 0.444. The number of piperidine rings is 1. The van der Waals surface area contributed by atoms with Gasteiger partial charge < -0.3 is 9.84 Å². The van der Waals surface area contributed by atoms with E-state index in [1.807, 2.05) is 41.1 Å². The van der Waals surface area contributed by atoms with Crippen LogP contribution in [-0.2, 0) is 0 Å². The number of thiophene rings is 1. The molecule has 4 heteroatoms. The third-order valence-electron chi connectivity index (χ3n) is 4.18. The second-order valence-corrected chi connectivity index (χ2v) is 6.56. The van der Waals surface area contributed by atoms with Gasteiger partial charge in [-0.2, -0.15) is 11.3 Å². The summed E-state index contributed by atoms with van der Waals surface area (Å²) < 4.78 is 5.81. The number of hydrogen-bond donors (Lipinski definition) is 1. The summed E-state index contributed by atoms with van der Waals surface area (Å²) in [5, 5.41) is 14.2. The van der Waals surface area contributed by atoms with Crippen LogP contribution in [0.2, 0.25) is 0 Å². The molecule has 118 valence electrons. The number of benzene rings is 1. The van der Waals surface area contributed by atoms with Crippen molar-refractivity contribution in [3.63, 3.8) is 0 Å². The Balaban J connectivity index is 1.49. The third kappa shape index (κ3) is 4.09. The normalized spacial score (nSPS) is 17.3. The largest absolute Gasteiger partial charge is 0.492 e. The van der Waals surface area contributed by atoms with Gasteiger partial charge in [-0.3, -0.25) is 4.90 Å². The highest BCUT2D eigenvalue weighted by Crippen LogP contribution is 2.25. The molecule has 2 heterocycles. The molecule has 22 heavy (non-hydrogen) atoms. The minimum Gasteiger partial charge on any atom is -0.492 e. The maximum atomic E-state index is 10.3. The van der Waals surface area contributed by atoms with E-state index in [4.69, 9.17) is 4.74 Å². The van der Waals surface area contributed by atoms with E-state index in [9.17, 15) is 5.11 Å². The monoisotopic (exact) mass is 317 g/mol. The fourth-order valence-corrected chi connectivity index (χ4v) is 3.52. The maximum Gasteiger partial charge on any atom is 0.119 e. The Morgan fingerprint density at radius 2 is 1.82 bits per heavy atom. The van der Waals surface area contributed by atoms with Crippen LogP contribution in [0.1, 0.15) is 36.5 Å². The molecule has 1 aromatic carbocycles. The summed E-state index contributed by atoms with van der Waals surface area (Å²) in [5.74, 6) is 0.873. The highest BCUT2D eigenvalue weighted by molar-refractivity contribution is 7.07. The van der Waals surface area contributed by atoms with Crippen molar-refractivity contribution in [2.24, 2.45) is 0 Å². The van der Waals surface area contributed by atoms with Gasteiger partial charge in [0.2, 0.25) is 0 Å². The Morgan fingerprint density at radius 3 is 2.50 bits per heavy atom. The van der Waals surface area contributed by atoms with Crippen LogP contribution in [0.5, 0.6) is 5.75 Å². The van der Waals surface area contributed by atoms with E-state index in [0.29, 0.717) is 0 Å². The van der Waals surface area contributed by atoms with Crippen LogP contribution in [0.25, 0.3) is 0 Å². The van der Waals surface area contributed by atoms with Crippen molar-refractivity contribution in [1.29, 1.82) is 0 Å². The van der Waals surface area contributed by atoms with Crippen molar-refractivity contribution in [2.45, 2.75) is 25.4 Å². The lowest BCUT2D eigenvalue weighted by molar-refractivity contribution is 0.183. The molecule has 1 saturated heterocycles. The molecule has 1 atom stereocenters. The van der Waals surface area contributed by atoms with Gasteiger partial charge in [0.1, 0.15) is 18.5 Å². The van der Waals surface area contributed by atoms with E-state index in [-0.39, 0.29) is 0 Å². The summed E-state index contributed by atoms with van der Waals surface area (Å²) in [6, 6.07) is 9.73. The average molecular weight is 317 g/mol. The molecule has 3 nitrogen and oxygen atoms in total. The number of nitrogens with zero attached hydrogens (tertiary/aromatic N) is 1. The van der Waals surface area contributed by atoms with E-state index < -0.39 is 6.10 Å². The summed E-state index contributed by atoms with van der Waals surface area (Å²) in [4.78, 5) is 2.47. The third-order valence-corrected chi connectivity index (χ3v) is 4.88. The Hall–Kier alpha value is -1.36. The van der Waals surface area contributed by atoms with E-state index in [1.54, 1.807) is 11.3 Å². The van der Waals surface area contributed by atoms with Gasteiger partial charge in [-0.25, -0.2) is 0 Å². The van der Waals surface area contributed by atoms with Crippen LogP contribution in [-0.4, -0.2) is 36.2 Å². The first-order chi connectivity index (χ1) is 10.8. The van der Waals surface area contributed by atoms with E-state index in [2.05, 4.69) is 4.90 Å². The Bertz CT molecular complexity index is 547. The molecule has 0 amide bonds. The van der Waals surface area contributed by atoms with Gasteiger partial charge in [0.15, 0.2) is 0 Å². The quantitative estimate of drug-likeness (QED) is 0.882. The smallest absolute Gasteiger partial charge is 0.119 e. The van der Waals surface area contributed by atoms with Gasteiger partial charge in [-0.1, -0.05) is 18.6 Å². The summed E-state index contributed by atoms with van der Waals surface area (Å²) in [7, 11) is 0. The molecule has 1 N–H and O–H groups in total.